The van der Waals surface area contributed by atoms with E-state index in [2.05, 4.69) is 17.0 Å². The van der Waals surface area contributed by atoms with Crippen molar-refractivity contribution in [1.82, 2.24) is 14.8 Å². The molecule has 4 nitrogen and oxygen atoms in total. The topological polar surface area (TPSA) is 50.9 Å². The summed E-state index contributed by atoms with van der Waals surface area (Å²) in [6.45, 7) is 2.67. The summed E-state index contributed by atoms with van der Waals surface area (Å²) in [4.78, 5) is 3.90. The second-order valence-electron chi connectivity index (χ2n) is 6.36. The molecule has 1 N–H and O–H groups in total. The molecular weight excluding hydrogens is 305 g/mol. The molecule has 0 unspecified atom stereocenters. The summed E-state index contributed by atoms with van der Waals surface area (Å²) in [6, 6.07) is 1.31. The number of rotatable bonds is 4. The molecular formula is C16H19ClFN3O. The van der Waals surface area contributed by atoms with E-state index in [1.54, 1.807) is 6.20 Å². The second-order valence-corrected chi connectivity index (χ2v) is 6.72. The third-order valence-electron chi connectivity index (χ3n) is 4.45. The molecule has 0 saturated heterocycles. The zero-order chi connectivity index (χ0) is 15.7. The molecule has 3 rings (SSSR count). The Labute approximate surface area is 133 Å². The van der Waals surface area contributed by atoms with E-state index < -0.39 is 12.4 Å². The molecule has 0 spiro atoms. The van der Waals surface area contributed by atoms with Crippen LogP contribution in [-0.2, 0) is 13.2 Å². The number of pyridine rings is 1. The van der Waals surface area contributed by atoms with Crippen molar-refractivity contribution >= 4 is 11.6 Å². The van der Waals surface area contributed by atoms with Crippen molar-refractivity contribution in [3.63, 3.8) is 0 Å². The fourth-order valence-electron chi connectivity index (χ4n) is 3.18. The summed E-state index contributed by atoms with van der Waals surface area (Å²) >= 11 is 6.10. The minimum atomic E-state index is -0.558. The van der Waals surface area contributed by atoms with Crippen LogP contribution in [0.15, 0.2) is 18.5 Å². The van der Waals surface area contributed by atoms with Gasteiger partial charge in [0.2, 0.25) is 0 Å². The van der Waals surface area contributed by atoms with Crippen molar-refractivity contribution in [3.05, 3.63) is 35.1 Å². The Bertz CT molecular complexity index is 680. The molecule has 2 heterocycles. The van der Waals surface area contributed by atoms with Gasteiger partial charge in [-0.3, -0.25) is 4.68 Å². The van der Waals surface area contributed by atoms with Crippen LogP contribution in [0.2, 0.25) is 5.15 Å². The maximum absolute atomic E-state index is 13.8. The van der Waals surface area contributed by atoms with E-state index in [0.29, 0.717) is 5.56 Å². The van der Waals surface area contributed by atoms with Crippen LogP contribution in [0.3, 0.4) is 0 Å². The van der Waals surface area contributed by atoms with E-state index in [0.717, 1.165) is 12.1 Å². The standard InChI is InChI=1S/C16H19ClFN3O/c1-16(4-2-3-5-16)10-21-8-11(7-19-21)12-6-13(18)14(9-22)20-15(12)17/h6-8,22H,2-5,9-10H2,1H3. The van der Waals surface area contributed by atoms with Gasteiger partial charge in [-0.1, -0.05) is 31.4 Å². The Morgan fingerprint density at radius 1 is 1.41 bits per heavy atom. The van der Waals surface area contributed by atoms with Crippen LogP contribution >= 0.6 is 11.6 Å². The average molecular weight is 324 g/mol. The Balaban J connectivity index is 1.86. The maximum Gasteiger partial charge on any atom is 0.147 e. The molecule has 1 saturated carbocycles. The zero-order valence-electron chi connectivity index (χ0n) is 12.5. The lowest BCUT2D eigenvalue weighted by Crippen LogP contribution is -2.19. The van der Waals surface area contributed by atoms with Gasteiger partial charge in [-0.25, -0.2) is 9.37 Å². The summed E-state index contributed by atoms with van der Waals surface area (Å²) in [5.41, 5.74) is 1.48. The first-order chi connectivity index (χ1) is 10.5. The van der Waals surface area contributed by atoms with Gasteiger partial charge in [0, 0.05) is 23.9 Å². The maximum atomic E-state index is 13.8. The minimum absolute atomic E-state index is 0.0420. The molecule has 22 heavy (non-hydrogen) atoms. The number of hydrogen-bond donors (Lipinski definition) is 1. The van der Waals surface area contributed by atoms with E-state index in [1.165, 1.54) is 31.7 Å². The average Bonchev–Trinajstić information content (AvgIpc) is 3.10. The van der Waals surface area contributed by atoms with Crippen molar-refractivity contribution in [1.29, 1.82) is 0 Å². The molecule has 0 radical (unpaired) electrons. The largest absolute Gasteiger partial charge is 0.390 e. The number of aliphatic hydroxyl groups excluding tert-OH is 1. The summed E-state index contributed by atoms with van der Waals surface area (Å²) in [6.07, 6.45) is 8.53. The summed E-state index contributed by atoms with van der Waals surface area (Å²) in [5.74, 6) is -0.558. The SMILES string of the molecule is CC1(Cn2cc(-c3cc(F)c(CO)nc3Cl)cn2)CCCC1. The molecule has 0 atom stereocenters. The van der Waals surface area contributed by atoms with Gasteiger partial charge < -0.3 is 5.11 Å². The van der Waals surface area contributed by atoms with Gasteiger partial charge in [0.25, 0.3) is 0 Å². The smallest absolute Gasteiger partial charge is 0.147 e. The summed E-state index contributed by atoms with van der Waals surface area (Å²) in [5, 5.41) is 13.6. The predicted octanol–water partition coefficient (Wildman–Crippen LogP) is 3.81. The Hall–Kier alpha value is -1.46. The second kappa shape index (κ2) is 5.97. The van der Waals surface area contributed by atoms with Crippen LogP contribution in [0.5, 0.6) is 0 Å². The van der Waals surface area contributed by atoms with Crippen LogP contribution in [0, 0.1) is 11.2 Å². The normalized spacial score (nSPS) is 17.1. The predicted molar refractivity (Wildman–Crippen MR) is 82.9 cm³/mol. The zero-order valence-corrected chi connectivity index (χ0v) is 13.3. The molecule has 1 aliphatic carbocycles. The van der Waals surface area contributed by atoms with E-state index in [-0.39, 0.29) is 16.3 Å². The van der Waals surface area contributed by atoms with Gasteiger partial charge >= 0.3 is 0 Å². The minimum Gasteiger partial charge on any atom is -0.390 e. The first-order valence-corrected chi connectivity index (χ1v) is 7.87. The molecule has 2 aromatic heterocycles. The molecule has 6 heteroatoms. The Kier molecular flexibility index (Phi) is 4.19. The third-order valence-corrected chi connectivity index (χ3v) is 4.74. The first kappa shape index (κ1) is 15.4. The van der Waals surface area contributed by atoms with Gasteiger partial charge in [-0.05, 0) is 24.3 Å². The number of nitrogens with zero attached hydrogens (tertiary/aromatic N) is 3. The molecule has 118 valence electrons. The molecule has 0 aromatic carbocycles. The van der Waals surface area contributed by atoms with Crippen molar-refractivity contribution in [3.8, 4) is 11.1 Å². The number of aromatic nitrogens is 3. The third kappa shape index (κ3) is 3.01. The fourth-order valence-corrected chi connectivity index (χ4v) is 3.45. The highest BCUT2D eigenvalue weighted by atomic mass is 35.5. The van der Waals surface area contributed by atoms with E-state index in [9.17, 15) is 4.39 Å². The lowest BCUT2D eigenvalue weighted by atomic mass is 9.89. The van der Waals surface area contributed by atoms with Gasteiger partial charge in [-0.2, -0.15) is 5.10 Å². The van der Waals surface area contributed by atoms with Crippen LogP contribution in [-0.4, -0.2) is 19.9 Å². The summed E-state index contributed by atoms with van der Waals surface area (Å²) < 4.78 is 15.7. The molecule has 1 fully saturated rings. The van der Waals surface area contributed by atoms with Crippen LogP contribution in [0.1, 0.15) is 38.3 Å². The highest BCUT2D eigenvalue weighted by molar-refractivity contribution is 6.32. The molecule has 0 aliphatic heterocycles. The first-order valence-electron chi connectivity index (χ1n) is 7.49. The Morgan fingerprint density at radius 2 is 2.14 bits per heavy atom. The van der Waals surface area contributed by atoms with Gasteiger partial charge in [0.1, 0.15) is 16.7 Å². The monoisotopic (exact) mass is 323 g/mol. The van der Waals surface area contributed by atoms with Crippen molar-refractivity contribution in [2.24, 2.45) is 5.41 Å². The van der Waals surface area contributed by atoms with Crippen molar-refractivity contribution in [2.75, 3.05) is 0 Å². The molecule has 1 aliphatic rings. The molecule has 2 aromatic rings. The number of hydrogen-bond acceptors (Lipinski definition) is 3. The van der Waals surface area contributed by atoms with Crippen LogP contribution in [0.25, 0.3) is 11.1 Å². The fraction of sp³-hybridized carbons (Fsp3) is 0.500. The van der Waals surface area contributed by atoms with E-state index in [4.69, 9.17) is 16.7 Å². The quantitative estimate of drug-likeness (QED) is 0.870. The highest BCUT2D eigenvalue weighted by Crippen LogP contribution is 2.39. The molecule has 0 amide bonds. The van der Waals surface area contributed by atoms with E-state index >= 15 is 0 Å². The van der Waals surface area contributed by atoms with Crippen molar-refractivity contribution in [2.45, 2.75) is 45.8 Å². The van der Waals surface area contributed by atoms with Crippen molar-refractivity contribution < 1.29 is 9.50 Å². The Morgan fingerprint density at radius 3 is 2.82 bits per heavy atom. The van der Waals surface area contributed by atoms with Crippen LogP contribution in [0.4, 0.5) is 4.39 Å². The molecule has 0 bridgehead atoms. The van der Waals surface area contributed by atoms with Gasteiger partial charge in [0.15, 0.2) is 0 Å². The van der Waals surface area contributed by atoms with E-state index in [1.807, 2.05) is 10.9 Å². The summed E-state index contributed by atoms with van der Waals surface area (Å²) in [7, 11) is 0. The van der Waals surface area contributed by atoms with Gasteiger partial charge in [0.05, 0.1) is 12.8 Å². The lowest BCUT2D eigenvalue weighted by molar-refractivity contribution is 0.268. The van der Waals surface area contributed by atoms with Gasteiger partial charge in [-0.15, -0.1) is 0 Å². The number of aliphatic hydroxyl groups is 1. The lowest BCUT2D eigenvalue weighted by Gasteiger charge is -2.22. The van der Waals surface area contributed by atoms with Crippen LogP contribution < -0.4 is 0 Å². The highest BCUT2D eigenvalue weighted by Gasteiger charge is 2.29. The number of halogens is 2.